The van der Waals surface area contributed by atoms with Gasteiger partial charge in [0.15, 0.2) is 0 Å². The van der Waals surface area contributed by atoms with Gasteiger partial charge in [0.05, 0.1) is 0 Å². The number of pyridine rings is 1. The van der Waals surface area contributed by atoms with Crippen molar-refractivity contribution in [3.05, 3.63) is 50.4 Å². The van der Waals surface area contributed by atoms with Crippen LogP contribution in [0.2, 0.25) is 0 Å². The van der Waals surface area contributed by atoms with E-state index in [2.05, 4.69) is 58.4 Å². The van der Waals surface area contributed by atoms with Crippen molar-refractivity contribution in [2.75, 3.05) is 13.1 Å². The molecular weight excluding hydrogens is 451 g/mol. The van der Waals surface area contributed by atoms with E-state index < -0.39 is 0 Å². The molecule has 1 heterocycles. The summed E-state index contributed by atoms with van der Waals surface area (Å²) in [6.45, 7) is 22.6. The minimum absolute atomic E-state index is 0. The molecule has 0 aromatic carbocycles. The van der Waals surface area contributed by atoms with E-state index in [1.807, 2.05) is 18.2 Å². The van der Waals surface area contributed by atoms with Crippen molar-refractivity contribution in [1.29, 1.82) is 0 Å². The van der Waals surface area contributed by atoms with Crippen LogP contribution in [0.5, 0.6) is 0 Å². The molecule has 134 valence electrons. The van der Waals surface area contributed by atoms with Crippen LogP contribution in [0, 0.1) is 20.8 Å². The second-order valence-electron chi connectivity index (χ2n) is 4.79. The first-order valence-corrected chi connectivity index (χ1v) is 8.18. The van der Waals surface area contributed by atoms with E-state index in [9.17, 15) is 0 Å². The van der Waals surface area contributed by atoms with Crippen LogP contribution in [0.15, 0.2) is 18.2 Å². The van der Waals surface area contributed by atoms with Gasteiger partial charge in [0.2, 0.25) is 0 Å². The number of nitrogens with zero attached hydrogens (tertiary/aromatic N) is 2. The molecule has 3 heteroatoms. The summed E-state index contributed by atoms with van der Waals surface area (Å²) in [7, 11) is 0. The molecule has 0 saturated heterocycles. The Morgan fingerprint density at radius 2 is 1.41 bits per heavy atom. The molecule has 0 aliphatic heterocycles. The standard InChI is InChI=1S/C11H17N2.2C4H9.Pt/c1-4-13(5-2)9-11-8-6-7-10(3)12-11;2*1-3-4-2;/h6-8H,3-5,9H2,1-2H3;2*1,3-4H2,2H3;/q3*-1;. The Morgan fingerprint density at radius 1 is 0.955 bits per heavy atom. The van der Waals surface area contributed by atoms with Gasteiger partial charge in [0, 0.05) is 33.3 Å². The molecule has 0 fully saturated rings. The van der Waals surface area contributed by atoms with Crippen molar-refractivity contribution in [3.8, 4) is 0 Å². The van der Waals surface area contributed by atoms with Crippen molar-refractivity contribution in [2.24, 2.45) is 0 Å². The molecule has 0 aliphatic carbocycles. The topological polar surface area (TPSA) is 16.1 Å². The van der Waals surface area contributed by atoms with E-state index in [0.717, 1.165) is 43.9 Å². The third-order valence-electron chi connectivity index (χ3n) is 2.85. The maximum Gasteiger partial charge on any atom is 0.0498 e. The van der Waals surface area contributed by atoms with Crippen LogP contribution < -0.4 is 0 Å². The van der Waals surface area contributed by atoms with Gasteiger partial charge in [-0.15, -0.1) is 11.8 Å². The van der Waals surface area contributed by atoms with Gasteiger partial charge in [0.25, 0.3) is 0 Å². The molecule has 0 atom stereocenters. The fraction of sp³-hybridized carbons (Fsp3) is 0.579. The van der Waals surface area contributed by atoms with E-state index in [-0.39, 0.29) is 21.1 Å². The summed E-state index contributed by atoms with van der Waals surface area (Å²) in [5.74, 6) is 0. The summed E-state index contributed by atoms with van der Waals surface area (Å²) in [6, 6.07) is 5.98. The van der Waals surface area contributed by atoms with E-state index in [1.165, 1.54) is 12.8 Å². The zero-order chi connectivity index (χ0) is 16.5. The summed E-state index contributed by atoms with van der Waals surface area (Å²) in [4.78, 5) is 6.69. The molecule has 1 rings (SSSR count). The summed E-state index contributed by atoms with van der Waals surface area (Å²) in [5, 5.41) is 0. The number of rotatable bonds is 6. The predicted molar refractivity (Wildman–Crippen MR) is 95.9 cm³/mol. The van der Waals surface area contributed by atoms with Crippen LogP contribution in [0.4, 0.5) is 0 Å². The molecule has 1 aromatic heterocycles. The van der Waals surface area contributed by atoms with Crippen molar-refractivity contribution in [2.45, 2.75) is 59.9 Å². The van der Waals surface area contributed by atoms with Crippen LogP contribution in [0.3, 0.4) is 0 Å². The quantitative estimate of drug-likeness (QED) is 0.505. The number of unbranched alkanes of at least 4 members (excludes halogenated alkanes) is 2. The maximum absolute atomic E-state index is 4.36. The van der Waals surface area contributed by atoms with Crippen molar-refractivity contribution in [3.63, 3.8) is 0 Å². The Morgan fingerprint density at radius 3 is 1.73 bits per heavy atom. The van der Waals surface area contributed by atoms with Crippen LogP contribution >= 0.6 is 0 Å². The fourth-order valence-electron chi connectivity index (χ4n) is 1.29. The zero-order valence-corrected chi connectivity index (χ0v) is 17.3. The second kappa shape index (κ2) is 20.7. The largest absolute Gasteiger partial charge is 0.343 e. The molecule has 0 aliphatic rings. The summed E-state index contributed by atoms with van der Waals surface area (Å²) in [5.41, 5.74) is 1.96. The summed E-state index contributed by atoms with van der Waals surface area (Å²) >= 11 is 0. The molecule has 0 amide bonds. The van der Waals surface area contributed by atoms with Crippen molar-refractivity contribution >= 4 is 0 Å². The first-order valence-electron chi connectivity index (χ1n) is 8.18. The smallest absolute Gasteiger partial charge is 0.0498 e. The fourth-order valence-corrected chi connectivity index (χ4v) is 1.29. The first kappa shape index (κ1) is 26.6. The van der Waals surface area contributed by atoms with Gasteiger partial charge in [-0.3, -0.25) is 9.88 Å². The van der Waals surface area contributed by atoms with Gasteiger partial charge < -0.3 is 13.8 Å². The molecule has 0 unspecified atom stereocenters. The second-order valence-corrected chi connectivity index (χ2v) is 4.79. The van der Waals surface area contributed by atoms with Crippen LogP contribution in [0.1, 0.15) is 64.8 Å². The normalized spacial score (nSPS) is 9.05. The van der Waals surface area contributed by atoms with Gasteiger partial charge in [-0.1, -0.05) is 46.6 Å². The minimum atomic E-state index is 0. The third kappa shape index (κ3) is 17.7. The molecule has 1 aromatic rings. The van der Waals surface area contributed by atoms with Crippen LogP contribution in [-0.4, -0.2) is 23.0 Å². The molecule has 0 radical (unpaired) electrons. The van der Waals surface area contributed by atoms with E-state index in [0.29, 0.717) is 0 Å². The Hall–Kier alpha value is -0.332. The first-order chi connectivity index (χ1) is 10.1. The van der Waals surface area contributed by atoms with Crippen molar-refractivity contribution < 1.29 is 21.1 Å². The van der Waals surface area contributed by atoms with Crippen LogP contribution in [0.25, 0.3) is 0 Å². The molecule has 0 spiro atoms. The van der Waals surface area contributed by atoms with Gasteiger partial charge in [-0.2, -0.15) is 18.9 Å². The molecule has 0 N–H and O–H groups in total. The number of aromatic nitrogens is 1. The number of hydrogen-bond acceptors (Lipinski definition) is 2. The Labute approximate surface area is 154 Å². The Kier molecular flexibility index (Phi) is 25.0. The third-order valence-corrected chi connectivity index (χ3v) is 2.85. The summed E-state index contributed by atoms with van der Waals surface area (Å²) < 4.78 is 0. The molecule has 0 bridgehead atoms. The predicted octanol–water partition coefficient (Wildman–Crippen LogP) is 5.34. The van der Waals surface area contributed by atoms with Crippen LogP contribution in [-0.2, 0) is 27.6 Å². The van der Waals surface area contributed by atoms with Crippen molar-refractivity contribution in [1.82, 2.24) is 9.88 Å². The SMILES string of the molecule is [CH2-]CCC.[CH2-]CCC.[CH2-]c1cccc(CN(CC)CC)n1.[Pt]. The Bertz CT molecular complexity index is 304. The van der Waals surface area contributed by atoms with E-state index in [4.69, 9.17) is 0 Å². The van der Waals surface area contributed by atoms with E-state index >= 15 is 0 Å². The molecular formula is C19H35N2Pt-3. The average Bonchev–Trinajstić information content (AvgIpc) is 2.53. The van der Waals surface area contributed by atoms with Gasteiger partial charge in [0.1, 0.15) is 0 Å². The molecule has 0 saturated carbocycles. The maximum atomic E-state index is 4.36. The Balaban J connectivity index is -0.000000338. The number of hydrogen-bond donors (Lipinski definition) is 0. The molecule has 2 nitrogen and oxygen atoms in total. The zero-order valence-electron chi connectivity index (χ0n) is 15.0. The van der Waals surface area contributed by atoms with E-state index in [1.54, 1.807) is 0 Å². The minimum Gasteiger partial charge on any atom is -0.343 e. The monoisotopic (exact) mass is 486 g/mol. The van der Waals surface area contributed by atoms with Gasteiger partial charge in [-0.05, 0) is 13.1 Å². The average molecular weight is 487 g/mol. The molecule has 22 heavy (non-hydrogen) atoms. The van der Waals surface area contributed by atoms with Gasteiger partial charge >= 0.3 is 0 Å². The van der Waals surface area contributed by atoms with Gasteiger partial charge in [-0.25, -0.2) is 6.92 Å². The summed E-state index contributed by atoms with van der Waals surface area (Å²) in [6.07, 6.45) is 4.56.